The Morgan fingerprint density at radius 3 is 2.68 bits per heavy atom. The number of piperidine rings is 1. The maximum absolute atomic E-state index is 13.8. The van der Waals surface area contributed by atoms with E-state index in [0.29, 0.717) is 50.9 Å². The predicted octanol–water partition coefficient (Wildman–Crippen LogP) is 2.20. The number of anilines is 1. The van der Waals surface area contributed by atoms with Gasteiger partial charge in [-0.2, -0.15) is 13.2 Å². The van der Waals surface area contributed by atoms with Crippen molar-refractivity contribution in [2.45, 2.75) is 32.0 Å². The Hall–Kier alpha value is -2.49. The van der Waals surface area contributed by atoms with E-state index in [1.165, 1.54) is 12.1 Å². The van der Waals surface area contributed by atoms with Gasteiger partial charge in [0.25, 0.3) is 0 Å². The lowest BCUT2D eigenvalue weighted by Crippen LogP contribution is -2.47. The molecule has 3 N–H and O–H groups in total. The second-order valence-corrected chi connectivity index (χ2v) is 7.96. The van der Waals surface area contributed by atoms with Crippen LogP contribution in [0.5, 0.6) is 0 Å². The molecule has 7 nitrogen and oxygen atoms in total. The Kier molecular flexibility index (Phi) is 7.64. The number of primary amides is 1. The molecule has 1 unspecified atom stereocenters. The standard InChI is InChI=1S/C21H30F3N5O2/c1-26-20(29-6-2-3-15(14-29)11-19(25)30)27-13-16-4-5-17(12-18(16)21(22,23)24)28-7-9-31-10-8-28/h4-5,12,15H,2-3,6-11,13-14H2,1H3,(H2,25,30)(H,26,27). The number of rotatable bonds is 5. The highest BCUT2D eigenvalue weighted by molar-refractivity contribution is 5.80. The summed E-state index contributed by atoms with van der Waals surface area (Å²) in [6.07, 6.45) is -2.38. The first-order chi connectivity index (χ1) is 14.8. The van der Waals surface area contributed by atoms with Crippen LogP contribution >= 0.6 is 0 Å². The predicted molar refractivity (Wildman–Crippen MR) is 113 cm³/mol. The normalized spacial score (nSPS) is 20.6. The first kappa shape index (κ1) is 23.2. The van der Waals surface area contributed by atoms with Crippen LogP contribution in [-0.2, 0) is 22.3 Å². The van der Waals surface area contributed by atoms with Gasteiger partial charge in [0.1, 0.15) is 0 Å². The molecule has 31 heavy (non-hydrogen) atoms. The summed E-state index contributed by atoms with van der Waals surface area (Å²) in [4.78, 5) is 19.4. The van der Waals surface area contributed by atoms with E-state index in [1.807, 2.05) is 9.80 Å². The van der Waals surface area contributed by atoms with Crippen molar-refractivity contribution in [2.75, 3.05) is 51.3 Å². The number of hydrogen-bond donors (Lipinski definition) is 2. The van der Waals surface area contributed by atoms with Gasteiger partial charge < -0.3 is 25.6 Å². The number of benzene rings is 1. The Balaban J connectivity index is 1.71. The number of carbonyl (C=O) groups excluding carboxylic acids is 1. The molecule has 3 rings (SSSR count). The van der Waals surface area contributed by atoms with E-state index in [4.69, 9.17) is 10.5 Å². The highest BCUT2D eigenvalue weighted by atomic mass is 19.4. The minimum absolute atomic E-state index is 0.00188. The van der Waals surface area contributed by atoms with Gasteiger partial charge >= 0.3 is 6.18 Å². The fraction of sp³-hybridized carbons (Fsp3) is 0.619. The zero-order chi connectivity index (χ0) is 22.4. The zero-order valence-corrected chi connectivity index (χ0v) is 17.7. The molecule has 2 aliphatic rings. The summed E-state index contributed by atoms with van der Waals surface area (Å²) in [7, 11) is 1.60. The number of carbonyl (C=O) groups is 1. The van der Waals surface area contributed by atoms with Crippen molar-refractivity contribution < 1.29 is 22.7 Å². The molecule has 1 aromatic rings. The number of hydrogen-bond acceptors (Lipinski definition) is 4. The van der Waals surface area contributed by atoms with E-state index >= 15 is 0 Å². The van der Waals surface area contributed by atoms with Gasteiger partial charge in [-0.3, -0.25) is 9.79 Å². The quantitative estimate of drug-likeness (QED) is 0.541. The van der Waals surface area contributed by atoms with E-state index in [1.54, 1.807) is 13.1 Å². The van der Waals surface area contributed by atoms with E-state index in [2.05, 4.69) is 10.3 Å². The minimum atomic E-state index is -4.46. The van der Waals surface area contributed by atoms with Crippen LogP contribution in [0.3, 0.4) is 0 Å². The Morgan fingerprint density at radius 2 is 2.03 bits per heavy atom. The second-order valence-electron chi connectivity index (χ2n) is 7.96. The third-order valence-corrected chi connectivity index (χ3v) is 5.73. The molecule has 2 heterocycles. The lowest BCUT2D eigenvalue weighted by Gasteiger charge is -2.34. The van der Waals surface area contributed by atoms with Gasteiger partial charge in [0.05, 0.1) is 18.8 Å². The third kappa shape index (κ3) is 6.25. The van der Waals surface area contributed by atoms with E-state index in [-0.39, 0.29) is 23.9 Å². The van der Waals surface area contributed by atoms with Crippen molar-refractivity contribution in [3.63, 3.8) is 0 Å². The molecule has 2 aliphatic heterocycles. The summed E-state index contributed by atoms with van der Waals surface area (Å²) in [6.45, 7) is 3.50. The topological polar surface area (TPSA) is 83.2 Å². The van der Waals surface area contributed by atoms with E-state index in [0.717, 1.165) is 19.4 Å². The number of aliphatic imine (C=N–C) groups is 1. The number of halogens is 3. The summed E-state index contributed by atoms with van der Waals surface area (Å²) in [5, 5.41) is 3.07. The monoisotopic (exact) mass is 441 g/mol. The molecule has 1 amide bonds. The van der Waals surface area contributed by atoms with Crippen molar-refractivity contribution in [1.82, 2.24) is 10.2 Å². The molecule has 0 saturated carbocycles. The number of nitrogens with two attached hydrogens (primary N) is 1. The Bertz CT molecular complexity index is 794. The van der Waals surface area contributed by atoms with Gasteiger partial charge in [-0.15, -0.1) is 0 Å². The van der Waals surface area contributed by atoms with Gasteiger partial charge in [-0.1, -0.05) is 6.07 Å². The number of morpholine rings is 1. The van der Waals surface area contributed by atoms with Gasteiger partial charge in [-0.25, -0.2) is 0 Å². The van der Waals surface area contributed by atoms with Crippen LogP contribution in [0.1, 0.15) is 30.4 Å². The van der Waals surface area contributed by atoms with Crippen LogP contribution in [0, 0.1) is 5.92 Å². The van der Waals surface area contributed by atoms with Crippen LogP contribution in [-0.4, -0.2) is 63.2 Å². The molecular formula is C21H30F3N5O2. The molecule has 1 atom stereocenters. The van der Waals surface area contributed by atoms with Crippen LogP contribution in [0.15, 0.2) is 23.2 Å². The van der Waals surface area contributed by atoms with Crippen molar-refractivity contribution in [3.05, 3.63) is 29.3 Å². The van der Waals surface area contributed by atoms with Crippen LogP contribution in [0.4, 0.5) is 18.9 Å². The van der Waals surface area contributed by atoms with Gasteiger partial charge in [0.2, 0.25) is 5.91 Å². The molecule has 10 heteroatoms. The largest absolute Gasteiger partial charge is 0.416 e. The summed E-state index contributed by atoms with van der Waals surface area (Å²) in [6, 6.07) is 4.47. The molecule has 0 spiro atoms. The minimum Gasteiger partial charge on any atom is -0.378 e. The number of ether oxygens (including phenoxy) is 1. The van der Waals surface area contributed by atoms with Crippen LogP contribution in [0.25, 0.3) is 0 Å². The number of guanidine groups is 1. The fourth-order valence-electron chi connectivity index (χ4n) is 4.22. The fourth-order valence-corrected chi connectivity index (χ4v) is 4.22. The van der Waals surface area contributed by atoms with E-state index in [9.17, 15) is 18.0 Å². The number of nitrogens with one attached hydrogen (secondary N) is 1. The van der Waals surface area contributed by atoms with Crippen molar-refractivity contribution in [1.29, 1.82) is 0 Å². The average Bonchev–Trinajstić information content (AvgIpc) is 2.74. The molecule has 1 aromatic carbocycles. The summed E-state index contributed by atoms with van der Waals surface area (Å²) in [5.74, 6) is 0.313. The molecule has 0 aliphatic carbocycles. The first-order valence-electron chi connectivity index (χ1n) is 10.5. The molecule has 0 aromatic heterocycles. The molecule has 172 valence electrons. The Morgan fingerprint density at radius 1 is 1.29 bits per heavy atom. The summed E-state index contributed by atoms with van der Waals surface area (Å²) < 4.78 is 46.6. The van der Waals surface area contributed by atoms with Crippen LogP contribution < -0.4 is 16.0 Å². The number of amides is 1. The second kappa shape index (κ2) is 10.2. The van der Waals surface area contributed by atoms with E-state index < -0.39 is 11.7 Å². The average molecular weight is 441 g/mol. The SMILES string of the molecule is CN=C(NCc1ccc(N2CCOCC2)cc1C(F)(F)F)N1CCCC(CC(N)=O)C1. The highest BCUT2D eigenvalue weighted by Crippen LogP contribution is 2.35. The molecule has 2 fully saturated rings. The number of nitrogens with zero attached hydrogens (tertiary/aromatic N) is 3. The lowest BCUT2D eigenvalue weighted by molar-refractivity contribution is -0.138. The van der Waals surface area contributed by atoms with Gasteiger partial charge in [0, 0.05) is 51.9 Å². The number of likely N-dealkylation sites (tertiary alicyclic amines) is 1. The summed E-state index contributed by atoms with van der Waals surface area (Å²) in [5.41, 5.74) is 5.38. The molecule has 2 saturated heterocycles. The Labute approximate surface area is 180 Å². The summed E-state index contributed by atoms with van der Waals surface area (Å²) >= 11 is 0. The highest BCUT2D eigenvalue weighted by Gasteiger charge is 2.34. The third-order valence-electron chi connectivity index (χ3n) is 5.73. The molecule has 0 radical (unpaired) electrons. The first-order valence-corrected chi connectivity index (χ1v) is 10.5. The molecular weight excluding hydrogens is 411 g/mol. The van der Waals surface area contributed by atoms with Gasteiger partial charge in [-0.05, 0) is 36.5 Å². The maximum Gasteiger partial charge on any atom is 0.416 e. The van der Waals surface area contributed by atoms with Crippen molar-refractivity contribution in [3.8, 4) is 0 Å². The smallest absolute Gasteiger partial charge is 0.378 e. The maximum atomic E-state index is 13.8. The number of alkyl halides is 3. The lowest BCUT2D eigenvalue weighted by atomic mass is 9.95. The van der Waals surface area contributed by atoms with Gasteiger partial charge in [0.15, 0.2) is 5.96 Å². The zero-order valence-electron chi connectivity index (χ0n) is 17.7. The van der Waals surface area contributed by atoms with Crippen molar-refractivity contribution >= 4 is 17.6 Å². The van der Waals surface area contributed by atoms with Crippen molar-refractivity contribution in [2.24, 2.45) is 16.6 Å². The molecule has 0 bridgehead atoms. The van der Waals surface area contributed by atoms with Crippen LogP contribution in [0.2, 0.25) is 0 Å².